The van der Waals surface area contributed by atoms with Gasteiger partial charge in [-0.05, 0) is 38.5 Å². The zero-order valence-corrected chi connectivity index (χ0v) is 20.1. The maximum Gasteiger partial charge on any atom is 0.350 e. The van der Waals surface area contributed by atoms with Crippen LogP contribution in [0.3, 0.4) is 0 Å². The van der Waals surface area contributed by atoms with E-state index in [2.05, 4.69) is 16.9 Å². The lowest BCUT2D eigenvalue weighted by molar-refractivity contribution is 0.0531. The molecule has 0 atom stereocenters. The van der Waals surface area contributed by atoms with Crippen LogP contribution in [0, 0.1) is 6.92 Å². The van der Waals surface area contributed by atoms with Gasteiger partial charge in [0, 0.05) is 17.5 Å². The molecule has 0 fully saturated rings. The first-order valence-electron chi connectivity index (χ1n) is 10.6. The van der Waals surface area contributed by atoms with Crippen molar-refractivity contribution in [2.75, 3.05) is 18.1 Å². The minimum Gasteiger partial charge on any atom is -0.487 e. The predicted molar refractivity (Wildman–Crippen MR) is 127 cm³/mol. The Kier molecular flexibility index (Phi) is 8.75. The molecule has 0 spiro atoms. The van der Waals surface area contributed by atoms with Crippen molar-refractivity contribution in [2.45, 2.75) is 46.6 Å². The van der Waals surface area contributed by atoms with Crippen molar-refractivity contribution in [1.82, 2.24) is 9.97 Å². The van der Waals surface area contributed by atoms with E-state index in [4.69, 9.17) is 9.47 Å². The number of nitrogens with zero attached hydrogens (tertiary/aromatic N) is 3. The number of hydrogen-bond acceptors (Lipinski definition) is 8. The van der Waals surface area contributed by atoms with Crippen LogP contribution in [0.1, 0.15) is 64.5 Å². The number of hydrogen-bond donors (Lipinski definition) is 0. The van der Waals surface area contributed by atoms with E-state index < -0.39 is 5.97 Å². The van der Waals surface area contributed by atoms with E-state index in [9.17, 15) is 9.59 Å². The fourth-order valence-corrected chi connectivity index (χ4v) is 4.56. The van der Waals surface area contributed by atoms with Crippen molar-refractivity contribution in [3.05, 3.63) is 57.0 Å². The van der Waals surface area contributed by atoms with Crippen molar-refractivity contribution in [3.63, 3.8) is 0 Å². The summed E-state index contributed by atoms with van der Waals surface area (Å²) in [6.45, 7) is 6.79. The van der Waals surface area contributed by atoms with Gasteiger partial charge < -0.3 is 9.47 Å². The highest BCUT2D eigenvalue weighted by atomic mass is 32.1. The van der Waals surface area contributed by atoms with Crippen LogP contribution in [-0.2, 0) is 11.3 Å². The average Bonchev–Trinajstić information content (AvgIpc) is 3.45. The van der Waals surface area contributed by atoms with Gasteiger partial charge in [0.05, 0.1) is 23.5 Å². The minimum atomic E-state index is -0.410. The van der Waals surface area contributed by atoms with Gasteiger partial charge in [-0.1, -0.05) is 37.2 Å². The van der Waals surface area contributed by atoms with E-state index in [0.717, 1.165) is 25.0 Å². The van der Waals surface area contributed by atoms with Crippen molar-refractivity contribution in [1.29, 1.82) is 0 Å². The number of benzene rings is 1. The first-order chi connectivity index (χ1) is 15.5. The highest BCUT2D eigenvalue weighted by molar-refractivity contribution is 7.17. The minimum absolute atomic E-state index is 0.177. The normalized spacial score (nSPS) is 10.7. The molecule has 0 radical (unpaired) electrons. The molecule has 1 amide bonds. The van der Waals surface area contributed by atoms with E-state index in [1.807, 2.05) is 11.4 Å². The average molecular weight is 474 g/mol. The lowest BCUT2D eigenvalue weighted by Gasteiger charge is -2.20. The Hall–Kier alpha value is -2.78. The number of anilines is 1. The van der Waals surface area contributed by atoms with Crippen LogP contribution in [0.4, 0.5) is 5.13 Å². The quantitative estimate of drug-likeness (QED) is 0.270. The zero-order valence-electron chi connectivity index (χ0n) is 18.5. The summed E-state index contributed by atoms with van der Waals surface area (Å²) < 4.78 is 10.9. The molecule has 2 aromatic heterocycles. The summed E-state index contributed by atoms with van der Waals surface area (Å²) in [4.78, 5) is 36.5. The molecule has 3 rings (SSSR count). The monoisotopic (exact) mass is 473 g/mol. The summed E-state index contributed by atoms with van der Waals surface area (Å²) in [7, 11) is 0. The number of aromatic nitrogens is 2. The second-order valence-corrected chi connectivity index (χ2v) is 8.79. The summed E-state index contributed by atoms with van der Waals surface area (Å²) in [6.07, 6.45) is 2.87. The number of thiazole rings is 2. The summed E-state index contributed by atoms with van der Waals surface area (Å²) in [6, 6.07) is 7.10. The molecular formula is C23H27N3O4S2. The van der Waals surface area contributed by atoms with Gasteiger partial charge in [-0.15, -0.1) is 11.3 Å². The Balaban J connectivity index is 1.82. The molecule has 9 heteroatoms. The number of aryl methyl sites for hydroxylation is 1. The van der Waals surface area contributed by atoms with Gasteiger partial charge >= 0.3 is 5.97 Å². The molecule has 32 heavy (non-hydrogen) atoms. The summed E-state index contributed by atoms with van der Waals surface area (Å²) in [5.41, 5.74) is 3.67. The molecule has 0 saturated heterocycles. The molecule has 0 aliphatic carbocycles. The smallest absolute Gasteiger partial charge is 0.350 e. The molecule has 0 aliphatic heterocycles. The third kappa shape index (κ3) is 6.14. The zero-order chi connectivity index (χ0) is 22.9. The first kappa shape index (κ1) is 23.9. The standard InChI is InChI=1S/C23H27N3O4S2/c1-4-6-7-11-26(23-25-16(3)20(32-23)22(28)29-5-2)21(27)17-9-8-10-19(12-17)30-13-18-14-31-15-24-18/h8-10,12,14-15H,4-7,11,13H2,1-3H3. The molecular weight excluding hydrogens is 446 g/mol. The maximum absolute atomic E-state index is 13.5. The fourth-order valence-electron chi connectivity index (χ4n) is 3.03. The van der Waals surface area contributed by atoms with E-state index >= 15 is 0 Å². The Morgan fingerprint density at radius 1 is 1.19 bits per heavy atom. The lowest BCUT2D eigenvalue weighted by atomic mass is 10.1. The van der Waals surface area contributed by atoms with Crippen molar-refractivity contribution < 1.29 is 19.1 Å². The van der Waals surface area contributed by atoms with Gasteiger partial charge in [0.15, 0.2) is 5.13 Å². The summed E-state index contributed by atoms with van der Waals surface area (Å²) in [5, 5.41) is 2.43. The van der Waals surface area contributed by atoms with Crippen molar-refractivity contribution >= 4 is 39.7 Å². The Morgan fingerprint density at radius 3 is 2.75 bits per heavy atom. The predicted octanol–water partition coefficient (Wildman–Crippen LogP) is 5.50. The SMILES string of the molecule is CCCCCN(C(=O)c1cccc(OCc2cscn2)c1)c1nc(C)c(C(=O)OCC)s1. The largest absolute Gasteiger partial charge is 0.487 e. The van der Waals surface area contributed by atoms with E-state index in [0.29, 0.717) is 46.8 Å². The number of ether oxygens (including phenoxy) is 2. The third-order valence-electron chi connectivity index (χ3n) is 4.66. The number of carbonyl (C=O) groups is 2. The lowest BCUT2D eigenvalue weighted by Crippen LogP contribution is -2.32. The van der Waals surface area contributed by atoms with Crippen molar-refractivity contribution in [3.8, 4) is 5.75 Å². The van der Waals surface area contributed by atoms with Crippen LogP contribution < -0.4 is 9.64 Å². The van der Waals surface area contributed by atoms with Crippen LogP contribution >= 0.6 is 22.7 Å². The molecule has 2 heterocycles. The first-order valence-corrected chi connectivity index (χ1v) is 12.4. The van der Waals surface area contributed by atoms with Gasteiger partial charge in [-0.25, -0.2) is 14.8 Å². The molecule has 0 aliphatic rings. The molecule has 1 aromatic carbocycles. The van der Waals surface area contributed by atoms with Gasteiger partial charge in [0.1, 0.15) is 17.2 Å². The van der Waals surface area contributed by atoms with Gasteiger partial charge in [-0.2, -0.15) is 0 Å². The van der Waals surface area contributed by atoms with Gasteiger partial charge in [0.2, 0.25) is 0 Å². The summed E-state index contributed by atoms with van der Waals surface area (Å²) in [5.74, 6) is 0.0106. The Labute approximate surface area is 196 Å². The number of amides is 1. The van der Waals surface area contributed by atoms with E-state index in [1.54, 1.807) is 42.5 Å². The molecule has 0 N–H and O–H groups in total. The van der Waals surface area contributed by atoms with Crippen LogP contribution in [0.15, 0.2) is 35.2 Å². The van der Waals surface area contributed by atoms with Crippen LogP contribution in [-0.4, -0.2) is 35.0 Å². The van der Waals surface area contributed by atoms with Gasteiger partial charge in [0.25, 0.3) is 5.91 Å². The molecule has 0 unspecified atom stereocenters. The van der Waals surface area contributed by atoms with Crippen LogP contribution in [0.25, 0.3) is 0 Å². The Bertz CT molecular complexity index is 1030. The van der Waals surface area contributed by atoms with E-state index in [-0.39, 0.29) is 5.91 Å². The molecule has 0 saturated carbocycles. The molecule has 170 valence electrons. The number of unbranched alkanes of at least 4 members (excludes halogenated alkanes) is 2. The molecule has 7 nitrogen and oxygen atoms in total. The highest BCUT2D eigenvalue weighted by Gasteiger charge is 2.25. The topological polar surface area (TPSA) is 81.6 Å². The molecule has 3 aromatic rings. The summed E-state index contributed by atoms with van der Waals surface area (Å²) >= 11 is 2.70. The van der Waals surface area contributed by atoms with Crippen LogP contribution in [0.2, 0.25) is 0 Å². The number of rotatable bonds is 11. The van der Waals surface area contributed by atoms with Crippen molar-refractivity contribution in [2.24, 2.45) is 0 Å². The maximum atomic E-state index is 13.5. The number of carbonyl (C=O) groups excluding carboxylic acids is 2. The van der Waals surface area contributed by atoms with Crippen LogP contribution in [0.5, 0.6) is 5.75 Å². The highest BCUT2D eigenvalue weighted by Crippen LogP contribution is 2.29. The fraction of sp³-hybridized carbons (Fsp3) is 0.391. The van der Waals surface area contributed by atoms with E-state index in [1.165, 1.54) is 22.7 Å². The molecule has 0 bridgehead atoms. The Morgan fingerprint density at radius 2 is 2.03 bits per heavy atom. The van der Waals surface area contributed by atoms with Gasteiger partial charge in [-0.3, -0.25) is 9.69 Å². The second kappa shape index (κ2) is 11.7. The third-order valence-corrected chi connectivity index (χ3v) is 6.45. The number of esters is 1. The second-order valence-electron chi connectivity index (χ2n) is 7.09.